The predicted octanol–water partition coefficient (Wildman–Crippen LogP) is 1.19. The Balaban J connectivity index is 2.89. The summed E-state index contributed by atoms with van der Waals surface area (Å²) in [6.45, 7) is 7.12. The van der Waals surface area contributed by atoms with E-state index >= 15 is 0 Å². The predicted molar refractivity (Wildman–Crippen MR) is 63.9 cm³/mol. The standard InChI is InChI=1S/C12H17N3O/c1-3-7-15(4-2)12(16)10-5-6-14-11(8-10)9-13/h3,5-6,8H,1,4,7,9,13H2,2H3. The quantitative estimate of drug-likeness (QED) is 0.757. The van der Waals surface area contributed by atoms with Gasteiger partial charge in [-0.1, -0.05) is 6.08 Å². The van der Waals surface area contributed by atoms with Crippen LogP contribution in [0.5, 0.6) is 0 Å². The molecule has 0 saturated heterocycles. The van der Waals surface area contributed by atoms with Gasteiger partial charge in [-0.25, -0.2) is 0 Å². The van der Waals surface area contributed by atoms with Crippen molar-refractivity contribution in [3.05, 3.63) is 42.2 Å². The second-order valence-corrected chi connectivity index (χ2v) is 3.37. The van der Waals surface area contributed by atoms with Crippen LogP contribution in [0.1, 0.15) is 23.0 Å². The molecule has 0 spiro atoms. The molecule has 1 aromatic heterocycles. The van der Waals surface area contributed by atoms with Gasteiger partial charge in [0, 0.05) is 31.4 Å². The summed E-state index contributed by atoms with van der Waals surface area (Å²) >= 11 is 0. The normalized spacial score (nSPS) is 9.88. The van der Waals surface area contributed by atoms with Crippen molar-refractivity contribution >= 4 is 5.91 Å². The average molecular weight is 219 g/mol. The lowest BCUT2D eigenvalue weighted by atomic mass is 10.2. The molecule has 0 aliphatic carbocycles. The van der Waals surface area contributed by atoms with E-state index in [9.17, 15) is 4.79 Å². The van der Waals surface area contributed by atoms with Gasteiger partial charge in [-0.3, -0.25) is 9.78 Å². The summed E-state index contributed by atoms with van der Waals surface area (Å²) in [6, 6.07) is 3.43. The molecule has 0 unspecified atom stereocenters. The van der Waals surface area contributed by atoms with Crippen LogP contribution in [0, 0.1) is 0 Å². The molecule has 1 heterocycles. The first kappa shape index (κ1) is 12.4. The number of rotatable bonds is 5. The number of pyridine rings is 1. The minimum atomic E-state index is -0.0144. The van der Waals surface area contributed by atoms with Gasteiger partial charge in [0.15, 0.2) is 0 Å². The maximum Gasteiger partial charge on any atom is 0.254 e. The van der Waals surface area contributed by atoms with Gasteiger partial charge in [-0.05, 0) is 19.1 Å². The highest BCUT2D eigenvalue weighted by molar-refractivity contribution is 5.94. The van der Waals surface area contributed by atoms with Gasteiger partial charge in [0.05, 0.1) is 5.69 Å². The zero-order valence-electron chi connectivity index (χ0n) is 9.52. The van der Waals surface area contributed by atoms with Crippen LogP contribution in [0.4, 0.5) is 0 Å². The topological polar surface area (TPSA) is 59.2 Å². The Bertz CT molecular complexity index is 376. The third-order valence-electron chi connectivity index (χ3n) is 2.29. The monoisotopic (exact) mass is 219 g/mol. The van der Waals surface area contributed by atoms with Gasteiger partial charge in [-0.15, -0.1) is 6.58 Å². The molecule has 2 N–H and O–H groups in total. The van der Waals surface area contributed by atoms with E-state index in [0.29, 0.717) is 25.2 Å². The van der Waals surface area contributed by atoms with E-state index in [2.05, 4.69) is 11.6 Å². The second-order valence-electron chi connectivity index (χ2n) is 3.37. The van der Waals surface area contributed by atoms with Crippen molar-refractivity contribution in [2.45, 2.75) is 13.5 Å². The summed E-state index contributed by atoms with van der Waals surface area (Å²) in [5.74, 6) is -0.0144. The van der Waals surface area contributed by atoms with Crippen molar-refractivity contribution in [2.75, 3.05) is 13.1 Å². The molecule has 1 amide bonds. The van der Waals surface area contributed by atoms with Crippen LogP contribution in [0.15, 0.2) is 31.0 Å². The van der Waals surface area contributed by atoms with Crippen molar-refractivity contribution in [3.8, 4) is 0 Å². The van der Waals surface area contributed by atoms with Crippen molar-refractivity contribution in [1.82, 2.24) is 9.88 Å². The molecular formula is C12H17N3O. The summed E-state index contributed by atoms with van der Waals surface area (Å²) in [6.07, 6.45) is 3.32. The van der Waals surface area contributed by atoms with Gasteiger partial charge < -0.3 is 10.6 Å². The Morgan fingerprint density at radius 2 is 2.44 bits per heavy atom. The molecule has 1 aromatic rings. The van der Waals surface area contributed by atoms with Gasteiger partial charge in [0.25, 0.3) is 5.91 Å². The van der Waals surface area contributed by atoms with E-state index in [1.807, 2.05) is 6.92 Å². The number of hydrogen-bond acceptors (Lipinski definition) is 3. The molecule has 4 heteroatoms. The van der Waals surface area contributed by atoms with Crippen molar-refractivity contribution in [1.29, 1.82) is 0 Å². The van der Waals surface area contributed by atoms with Crippen LogP contribution in [0.25, 0.3) is 0 Å². The Morgan fingerprint density at radius 3 is 3.00 bits per heavy atom. The van der Waals surface area contributed by atoms with Crippen molar-refractivity contribution in [3.63, 3.8) is 0 Å². The third kappa shape index (κ3) is 2.90. The number of aromatic nitrogens is 1. The fourth-order valence-corrected chi connectivity index (χ4v) is 1.42. The molecule has 0 bridgehead atoms. The Kier molecular flexibility index (Phi) is 4.66. The lowest BCUT2D eigenvalue weighted by Crippen LogP contribution is -2.31. The SMILES string of the molecule is C=CCN(CC)C(=O)c1ccnc(CN)c1. The van der Waals surface area contributed by atoms with Gasteiger partial charge in [-0.2, -0.15) is 0 Å². The van der Waals surface area contributed by atoms with E-state index < -0.39 is 0 Å². The minimum absolute atomic E-state index is 0.0144. The lowest BCUT2D eigenvalue weighted by Gasteiger charge is -2.19. The van der Waals surface area contributed by atoms with E-state index in [1.54, 1.807) is 29.3 Å². The van der Waals surface area contributed by atoms with Gasteiger partial charge >= 0.3 is 0 Å². The van der Waals surface area contributed by atoms with Crippen LogP contribution >= 0.6 is 0 Å². The van der Waals surface area contributed by atoms with E-state index in [0.717, 1.165) is 5.69 Å². The van der Waals surface area contributed by atoms with Crippen molar-refractivity contribution in [2.24, 2.45) is 5.73 Å². The first-order valence-corrected chi connectivity index (χ1v) is 5.28. The number of carbonyl (C=O) groups excluding carboxylic acids is 1. The molecule has 86 valence electrons. The molecule has 0 aromatic carbocycles. The summed E-state index contributed by atoms with van der Waals surface area (Å²) in [5.41, 5.74) is 6.83. The Morgan fingerprint density at radius 1 is 1.69 bits per heavy atom. The van der Waals surface area contributed by atoms with Crippen LogP contribution in [0.2, 0.25) is 0 Å². The van der Waals surface area contributed by atoms with Crippen molar-refractivity contribution < 1.29 is 4.79 Å². The Labute approximate surface area is 95.8 Å². The molecule has 0 atom stereocenters. The fourth-order valence-electron chi connectivity index (χ4n) is 1.42. The summed E-state index contributed by atoms with van der Waals surface area (Å²) < 4.78 is 0. The van der Waals surface area contributed by atoms with Gasteiger partial charge in [0.1, 0.15) is 0 Å². The first-order chi connectivity index (χ1) is 7.72. The van der Waals surface area contributed by atoms with Gasteiger partial charge in [0.2, 0.25) is 0 Å². The van der Waals surface area contributed by atoms with Crippen LogP contribution in [-0.4, -0.2) is 28.9 Å². The van der Waals surface area contributed by atoms with Crippen LogP contribution < -0.4 is 5.73 Å². The average Bonchev–Trinajstić information content (AvgIpc) is 2.35. The number of nitrogens with two attached hydrogens (primary N) is 1. The fraction of sp³-hybridized carbons (Fsp3) is 0.333. The third-order valence-corrected chi connectivity index (χ3v) is 2.29. The van der Waals surface area contributed by atoms with E-state index in [4.69, 9.17) is 5.73 Å². The number of amides is 1. The summed E-state index contributed by atoms with van der Waals surface area (Å²) in [4.78, 5) is 17.8. The Hall–Kier alpha value is -1.68. The molecule has 0 aliphatic rings. The zero-order chi connectivity index (χ0) is 12.0. The smallest absolute Gasteiger partial charge is 0.254 e. The first-order valence-electron chi connectivity index (χ1n) is 5.28. The van der Waals surface area contributed by atoms with Crippen LogP contribution in [0.3, 0.4) is 0 Å². The summed E-state index contributed by atoms with van der Waals surface area (Å²) in [5, 5.41) is 0. The lowest BCUT2D eigenvalue weighted by molar-refractivity contribution is 0.0782. The molecule has 0 fully saturated rings. The maximum absolute atomic E-state index is 12.0. The molecular weight excluding hydrogens is 202 g/mol. The van der Waals surface area contributed by atoms with Crippen LogP contribution in [-0.2, 0) is 6.54 Å². The zero-order valence-corrected chi connectivity index (χ0v) is 9.52. The number of nitrogens with zero attached hydrogens (tertiary/aromatic N) is 2. The number of likely N-dealkylation sites (N-methyl/N-ethyl adjacent to an activating group) is 1. The number of carbonyl (C=O) groups is 1. The highest BCUT2D eigenvalue weighted by Gasteiger charge is 2.12. The van der Waals surface area contributed by atoms with E-state index in [-0.39, 0.29) is 5.91 Å². The molecule has 0 saturated carbocycles. The molecule has 1 rings (SSSR count). The minimum Gasteiger partial charge on any atom is -0.335 e. The number of hydrogen-bond donors (Lipinski definition) is 1. The van der Waals surface area contributed by atoms with E-state index in [1.165, 1.54) is 0 Å². The highest BCUT2D eigenvalue weighted by Crippen LogP contribution is 2.06. The second kappa shape index (κ2) is 6.02. The molecule has 0 radical (unpaired) electrons. The highest BCUT2D eigenvalue weighted by atomic mass is 16.2. The molecule has 0 aliphatic heterocycles. The maximum atomic E-state index is 12.0. The summed E-state index contributed by atoms with van der Waals surface area (Å²) in [7, 11) is 0. The molecule has 4 nitrogen and oxygen atoms in total. The largest absolute Gasteiger partial charge is 0.335 e. The molecule has 16 heavy (non-hydrogen) atoms.